The molecule has 0 aliphatic carbocycles. The van der Waals surface area contributed by atoms with Crippen molar-refractivity contribution in [2.45, 2.75) is 31.7 Å². The maximum Gasteiger partial charge on any atom is 0.416 e. The Morgan fingerprint density at radius 2 is 2.05 bits per heavy atom. The molecule has 1 unspecified atom stereocenters. The van der Waals surface area contributed by atoms with Crippen LogP contribution in [0, 0.1) is 6.92 Å². The average molecular weight is 317 g/mol. The second-order valence-electron chi connectivity index (χ2n) is 4.94. The van der Waals surface area contributed by atoms with Crippen molar-refractivity contribution < 1.29 is 22.8 Å². The Kier molecular flexibility index (Phi) is 4.32. The molecule has 1 aromatic carbocycles. The Balaban J connectivity index is 2.29. The van der Waals surface area contributed by atoms with Gasteiger partial charge in [0.2, 0.25) is 5.91 Å². The molecule has 0 aromatic heterocycles. The number of anilines is 1. The lowest BCUT2D eigenvalue weighted by Crippen LogP contribution is -2.26. The van der Waals surface area contributed by atoms with E-state index in [4.69, 9.17) is 0 Å². The number of nitrogens with zero attached hydrogens (tertiary/aromatic N) is 1. The fourth-order valence-corrected chi connectivity index (χ4v) is 3.22. The Morgan fingerprint density at radius 3 is 2.62 bits per heavy atom. The molecular formula is C14H14F3NO2S. The molecule has 1 saturated heterocycles. The van der Waals surface area contributed by atoms with E-state index in [1.807, 2.05) is 0 Å². The number of halogens is 3. The molecule has 1 aliphatic heterocycles. The van der Waals surface area contributed by atoms with Crippen molar-refractivity contribution in [2.24, 2.45) is 0 Å². The van der Waals surface area contributed by atoms with Gasteiger partial charge in [-0.15, -0.1) is 0 Å². The van der Waals surface area contributed by atoms with E-state index in [0.29, 0.717) is 5.56 Å². The predicted molar refractivity (Wildman–Crippen MR) is 75.2 cm³/mol. The number of carbonyl (C=O) groups excluding carboxylic acids is 2. The number of hydrogen-bond donors (Lipinski definition) is 0. The lowest BCUT2D eigenvalue weighted by molar-refractivity contribution is -0.137. The monoisotopic (exact) mass is 317 g/mol. The third-order valence-electron chi connectivity index (χ3n) is 3.25. The first-order valence-corrected chi connectivity index (χ1v) is 7.22. The third-order valence-corrected chi connectivity index (χ3v) is 4.23. The number of benzene rings is 1. The van der Waals surface area contributed by atoms with Crippen molar-refractivity contribution in [3.8, 4) is 0 Å². The van der Waals surface area contributed by atoms with Gasteiger partial charge in [0.05, 0.1) is 5.56 Å². The van der Waals surface area contributed by atoms with Crippen LogP contribution >= 0.6 is 11.8 Å². The van der Waals surface area contributed by atoms with Crippen molar-refractivity contribution in [1.29, 1.82) is 0 Å². The van der Waals surface area contributed by atoms with E-state index in [2.05, 4.69) is 0 Å². The van der Waals surface area contributed by atoms with Gasteiger partial charge < -0.3 is 4.90 Å². The molecule has 21 heavy (non-hydrogen) atoms. The number of alkyl halides is 3. The van der Waals surface area contributed by atoms with Crippen LogP contribution in [-0.2, 0) is 15.8 Å². The molecule has 0 N–H and O–H groups in total. The van der Waals surface area contributed by atoms with Crippen LogP contribution in [0.1, 0.15) is 24.5 Å². The van der Waals surface area contributed by atoms with Gasteiger partial charge in [-0.2, -0.15) is 13.2 Å². The molecule has 2 rings (SSSR count). The van der Waals surface area contributed by atoms with Crippen LogP contribution in [0.25, 0.3) is 0 Å². The second kappa shape index (κ2) is 5.71. The van der Waals surface area contributed by atoms with Gasteiger partial charge in [0.15, 0.2) is 5.12 Å². The van der Waals surface area contributed by atoms with Crippen LogP contribution in [0.5, 0.6) is 0 Å². The van der Waals surface area contributed by atoms with Crippen LogP contribution < -0.4 is 4.90 Å². The van der Waals surface area contributed by atoms with Crippen molar-refractivity contribution >= 4 is 28.5 Å². The molecule has 0 saturated carbocycles. The van der Waals surface area contributed by atoms with Crippen LogP contribution in [0.3, 0.4) is 0 Å². The second-order valence-corrected chi connectivity index (χ2v) is 6.42. The smallest absolute Gasteiger partial charge is 0.311 e. The number of aryl methyl sites for hydroxylation is 1. The molecule has 1 amide bonds. The summed E-state index contributed by atoms with van der Waals surface area (Å²) in [5.41, 5.74) is 0.0878. The first kappa shape index (κ1) is 15.9. The number of thioether (sulfide) groups is 1. The van der Waals surface area contributed by atoms with E-state index in [1.165, 1.54) is 17.9 Å². The average Bonchev–Trinajstić information content (AvgIpc) is 2.68. The molecule has 1 atom stereocenters. The van der Waals surface area contributed by atoms with Gasteiger partial charge in [-0.3, -0.25) is 9.59 Å². The van der Waals surface area contributed by atoms with Gasteiger partial charge in [0, 0.05) is 30.8 Å². The molecule has 1 fully saturated rings. The van der Waals surface area contributed by atoms with Gasteiger partial charge >= 0.3 is 6.18 Å². The lowest BCUT2D eigenvalue weighted by Gasteiger charge is -2.20. The normalized spacial score (nSPS) is 19.2. The summed E-state index contributed by atoms with van der Waals surface area (Å²) in [5.74, 6) is -0.254. The summed E-state index contributed by atoms with van der Waals surface area (Å²) in [6.07, 6.45) is -4.28. The summed E-state index contributed by atoms with van der Waals surface area (Å²) in [6.45, 7) is 3.33. The standard InChI is InChI=1S/C14H14F3NO2S/c1-8-3-4-10(14(15,16)17)5-12(8)18-7-11(6-13(18)20)21-9(2)19/h3-5,11H,6-7H2,1-2H3. The quantitative estimate of drug-likeness (QED) is 0.839. The van der Waals surface area contributed by atoms with E-state index < -0.39 is 11.7 Å². The summed E-state index contributed by atoms with van der Waals surface area (Å²) >= 11 is 1.06. The molecule has 1 aliphatic rings. The van der Waals surface area contributed by atoms with Crippen LogP contribution in [0.4, 0.5) is 18.9 Å². The van der Waals surface area contributed by atoms with Gasteiger partial charge in [-0.25, -0.2) is 0 Å². The number of amides is 1. The number of rotatable bonds is 2. The Morgan fingerprint density at radius 1 is 1.38 bits per heavy atom. The highest BCUT2D eigenvalue weighted by molar-refractivity contribution is 8.14. The van der Waals surface area contributed by atoms with Crippen LogP contribution in [-0.4, -0.2) is 22.8 Å². The third kappa shape index (κ3) is 3.58. The maximum atomic E-state index is 12.8. The van der Waals surface area contributed by atoms with Gasteiger partial charge in [-0.1, -0.05) is 17.8 Å². The summed E-state index contributed by atoms with van der Waals surface area (Å²) < 4.78 is 38.3. The van der Waals surface area contributed by atoms with E-state index in [9.17, 15) is 22.8 Å². The Bertz CT molecular complexity index is 586. The highest BCUT2D eigenvalue weighted by atomic mass is 32.2. The largest absolute Gasteiger partial charge is 0.416 e. The minimum Gasteiger partial charge on any atom is -0.311 e. The zero-order chi connectivity index (χ0) is 15.8. The molecule has 0 spiro atoms. The highest BCUT2D eigenvalue weighted by Gasteiger charge is 2.35. The summed E-state index contributed by atoms with van der Waals surface area (Å²) in [6, 6.07) is 3.35. The van der Waals surface area contributed by atoms with E-state index in [1.54, 1.807) is 6.92 Å². The Hall–Kier alpha value is -1.50. The van der Waals surface area contributed by atoms with Crippen molar-refractivity contribution in [1.82, 2.24) is 0 Å². The molecule has 0 radical (unpaired) electrons. The van der Waals surface area contributed by atoms with Crippen molar-refractivity contribution in [3.63, 3.8) is 0 Å². The summed E-state index contributed by atoms with van der Waals surface area (Å²) in [5, 5.41) is -0.306. The Labute approximate surface area is 124 Å². The van der Waals surface area contributed by atoms with Gasteiger partial charge in [0.1, 0.15) is 0 Å². The van der Waals surface area contributed by atoms with E-state index in [0.717, 1.165) is 23.9 Å². The van der Waals surface area contributed by atoms with Gasteiger partial charge in [0.25, 0.3) is 0 Å². The molecule has 3 nitrogen and oxygen atoms in total. The summed E-state index contributed by atoms with van der Waals surface area (Å²) in [7, 11) is 0. The first-order chi connectivity index (χ1) is 9.68. The number of carbonyl (C=O) groups is 2. The molecule has 1 aromatic rings. The highest BCUT2D eigenvalue weighted by Crippen LogP contribution is 2.36. The molecule has 7 heteroatoms. The molecule has 1 heterocycles. The molecule has 114 valence electrons. The molecular weight excluding hydrogens is 303 g/mol. The number of hydrogen-bond acceptors (Lipinski definition) is 3. The maximum absolute atomic E-state index is 12.8. The van der Waals surface area contributed by atoms with E-state index >= 15 is 0 Å². The SMILES string of the molecule is CC(=O)SC1CC(=O)N(c2cc(C(F)(F)F)ccc2C)C1. The van der Waals surface area contributed by atoms with Crippen LogP contribution in [0.2, 0.25) is 0 Å². The lowest BCUT2D eigenvalue weighted by atomic mass is 10.1. The minimum atomic E-state index is -4.45. The zero-order valence-corrected chi connectivity index (χ0v) is 12.3. The topological polar surface area (TPSA) is 37.4 Å². The molecule has 0 bridgehead atoms. The van der Waals surface area contributed by atoms with Crippen molar-refractivity contribution in [2.75, 3.05) is 11.4 Å². The van der Waals surface area contributed by atoms with Gasteiger partial charge in [-0.05, 0) is 24.6 Å². The van der Waals surface area contributed by atoms with Crippen LogP contribution in [0.15, 0.2) is 18.2 Å². The summed E-state index contributed by atoms with van der Waals surface area (Å²) in [4.78, 5) is 24.4. The first-order valence-electron chi connectivity index (χ1n) is 6.34. The van der Waals surface area contributed by atoms with Crippen molar-refractivity contribution in [3.05, 3.63) is 29.3 Å². The fourth-order valence-electron chi connectivity index (χ4n) is 2.30. The fraction of sp³-hybridized carbons (Fsp3) is 0.429. The van der Waals surface area contributed by atoms with E-state index in [-0.39, 0.29) is 34.9 Å². The minimum absolute atomic E-state index is 0.101. The zero-order valence-electron chi connectivity index (χ0n) is 11.5. The predicted octanol–water partition coefficient (Wildman–Crippen LogP) is 3.40.